The molecular formula is C14H13N3O3S. The van der Waals surface area contributed by atoms with Gasteiger partial charge >= 0.3 is 0 Å². The van der Waals surface area contributed by atoms with Crippen LogP contribution in [0.15, 0.2) is 40.0 Å². The Balaban J connectivity index is 2.24. The van der Waals surface area contributed by atoms with Crippen LogP contribution in [0.3, 0.4) is 0 Å². The molecular weight excluding hydrogens is 290 g/mol. The maximum absolute atomic E-state index is 12.1. The van der Waals surface area contributed by atoms with E-state index in [1.54, 1.807) is 25.3 Å². The van der Waals surface area contributed by atoms with E-state index in [0.717, 1.165) is 5.56 Å². The molecule has 0 unspecified atom stereocenters. The van der Waals surface area contributed by atoms with E-state index in [1.807, 2.05) is 13.0 Å². The second-order valence-corrected chi connectivity index (χ2v) is 6.81. The van der Waals surface area contributed by atoms with Crippen LogP contribution in [0.5, 0.6) is 0 Å². The molecule has 0 N–H and O–H groups in total. The van der Waals surface area contributed by atoms with E-state index in [1.165, 1.54) is 6.20 Å². The molecule has 0 atom stereocenters. The molecule has 0 aromatic carbocycles. The lowest BCUT2D eigenvalue weighted by Crippen LogP contribution is -2.07. The molecule has 108 valence electrons. The molecule has 7 heteroatoms. The van der Waals surface area contributed by atoms with Crippen LogP contribution in [0.4, 0.5) is 0 Å². The summed E-state index contributed by atoms with van der Waals surface area (Å²) in [6.07, 6.45) is 3.11. The van der Waals surface area contributed by atoms with E-state index in [4.69, 9.17) is 4.42 Å². The van der Waals surface area contributed by atoms with Crippen molar-refractivity contribution in [1.29, 1.82) is 0 Å². The number of aromatic nitrogens is 3. The van der Waals surface area contributed by atoms with Crippen molar-refractivity contribution in [3.63, 3.8) is 0 Å². The summed E-state index contributed by atoms with van der Waals surface area (Å²) in [6, 6.07) is 5.12. The van der Waals surface area contributed by atoms with Crippen LogP contribution in [-0.4, -0.2) is 29.1 Å². The molecule has 0 bridgehead atoms. The molecule has 0 saturated carbocycles. The van der Waals surface area contributed by atoms with Gasteiger partial charge in [0.15, 0.2) is 14.9 Å². The first kappa shape index (κ1) is 13.7. The molecule has 0 aliphatic rings. The highest BCUT2D eigenvalue weighted by atomic mass is 32.2. The molecule has 3 aromatic heterocycles. The van der Waals surface area contributed by atoms with E-state index in [-0.39, 0.29) is 16.7 Å². The Morgan fingerprint density at radius 3 is 2.86 bits per heavy atom. The largest absolute Gasteiger partial charge is 0.418 e. The molecule has 0 aliphatic carbocycles. The first-order valence-electron chi connectivity index (χ1n) is 6.42. The number of nitrogens with zero attached hydrogens (tertiary/aromatic N) is 3. The molecule has 0 radical (unpaired) electrons. The first-order valence-corrected chi connectivity index (χ1v) is 8.08. The molecule has 3 aromatic rings. The average molecular weight is 303 g/mol. The molecule has 21 heavy (non-hydrogen) atoms. The topological polar surface area (TPSA) is 86.0 Å². The van der Waals surface area contributed by atoms with Crippen molar-refractivity contribution < 1.29 is 12.8 Å². The lowest BCUT2D eigenvalue weighted by atomic mass is 10.3. The van der Waals surface area contributed by atoms with Crippen LogP contribution in [0.25, 0.3) is 22.7 Å². The number of sulfone groups is 1. The van der Waals surface area contributed by atoms with Gasteiger partial charge in [0.1, 0.15) is 5.52 Å². The van der Waals surface area contributed by atoms with Crippen molar-refractivity contribution in [3.8, 4) is 11.5 Å². The van der Waals surface area contributed by atoms with E-state index in [2.05, 4.69) is 15.0 Å². The summed E-state index contributed by atoms with van der Waals surface area (Å²) in [5.41, 5.74) is 2.28. The minimum absolute atomic E-state index is 0.0178. The number of oxazole rings is 1. The fourth-order valence-electron chi connectivity index (χ4n) is 1.98. The third kappa shape index (κ3) is 2.40. The third-order valence-corrected chi connectivity index (χ3v) is 4.74. The second kappa shape index (κ2) is 4.92. The minimum Gasteiger partial charge on any atom is -0.418 e. The monoisotopic (exact) mass is 303 g/mol. The van der Waals surface area contributed by atoms with Gasteiger partial charge in [-0.25, -0.2) is 23.4 Å². The van der Waals surface area contributed by atoms with Gasteiger partial charge in [-0.15, -0.1) is 0 Å². The van der Waals surface area contributed by atoms with E-state index in [9.17, 15) is 8.42 Å². The Labute approximate surface area is 121 Å². The zero-order valence-corrected chi connectivity index (χ0v) is 12.4. The Hall–Kier alpha value is -2.28. The lowest BCUT2D eigenvalue weighted by Gasteiger charge is -2.04. The van der Waals surface area contributed by atoms with E-state index >= 15 is 0 Å². The van der Waals surface area contributed by atoms with E-state index < -0.39 is 9.84 Å². The summed E-state index contributed by atoms with van der Waals surface area (Å²) in [4.78, 5) is 12.4. The van der Waals surface area contributed by atoms with Gasteiger partial charge in [0.05, 0.1) is 11.3 Å². The van der Waals surface area contributed by atoms with Gasteiger partial charge in [0, 0.05) is 12.4 Å². The van der Waals surface area contributed by atoms with Gasteiger partial charge in [0.2, 0.25) is 11.6 Å². The number of hydrogen-bond donors (Lipinski definition) is 0. The molecule has 3 heterocycles. The minimum atomic E-state index is -3.45. The van der Waals surface area contributed by atoms with Crippen LogP contribution in [0.2, 0.25) is 0 Å². The Morgan fingerprint density at radius 2 is 2.10 bits per heavy atom. The highest BCUT2D eigenvalue weighted by Gasteiger charge is 2.22. The number of rotatable bonds is 3. The average Bonchev–Trinajstić information content (AvgIpc) is 2.90. The fraction of sp³-hybridized carbons (Fsp3) is 0.214. The van der Waals surface area contributed by atoms with Crippen molar-refractivity contribution in [2.24, 2.45) is 0 Å². The maximum Gasteiger partial charge on any atom is 0.247 e. The fourth-order valence-corrected chi connectivity index (χ4v) is 2.96. The lowest BCUT2D eigenvalue weighted by molar-refractivity contribution is 0.587. The van der Waals surface area contributed by atoms with Crippen LogP contribution in [-0.2, 0) is 9.84 Å². The first-order chi connectivity index (χ1) is 10.0. The summed E-state index contributed by atoms with van der Waals surface area (Å²) in [6.45, 7) is 3.47. The van der Waals surface area contributed by atoms with Gasteiger partial charge in [-0.3, -0.25) is 0 Å². The summed E-state index contributed by atoms with van der Waals surface area (Å²) < 4.78 is 29.8. The van der Waals surface area contributed by atoms with Gasteiger partial charge in [-0.2, -0.15) is 0 Å². The Bertz CT molecular complexity index is 916. The van der Waals surface area contributed by atoms with Crippen LogP contribution >= 0.6 is 0 Å². The SMILES string of the molecule is CCS(=O)(=O)c1ncccc1-c1nc2cc(C)cnc2o1. The van der Waals surface area contributed by atoms with Crippen molar-refractivity contribution in [2.75, 3.05) is 5.75 Å². The van der Waals surface area contributed by atoms with Gasteiger partial charge in [-0.05, 0) is 30.7 Å². The number of fused-ring (bicyclic) bond motifs is 1. The van der Waals surface area contributed by atoms with Crippen LogP contribution in [0.1, 0.15) is 12.5 Å². The number of pyridine rings is 2. The van der Waals surface area contributed by atoms with Crippen molar-refractivity contribution in [3.05, 3.63) is 36.2 Å². The van der Waals surface area contributed by atoms with E-state index in [0.29, 0.717) is 16.8 Å². The van der Waals surface area contributed by atoms with Gasteiger partial charge < -0.3 is 4.42 Å². The zero-order valence-electron chi connectivity index (χ0n) is 11.6. The van der Waals surface area contributed by atoms with Crippen LogP contribution in [0, 0.1) is 6.92 Å². The summed E-state index contributed by atoms with van der Waals surface area (Å²) >= 11 is 0. The molecule has 0 aliphatic heterocycles. The Morgan fingerprint density at radius 1 is 1.29 bits per heavy atom. The highest BCUT2D eigenvalue weighted by Crippen LogP contribution is 2.28. The van der Waals surface area contributed by atoms with Crippen LogP contribution < -0.4 is 0 Å². The predicted molar refractivity (Wildman–Crippen MR) is 77.5 cm³/mol. The molecule has 6 nitrogen and oxygen atoms in total. The number of aryl methyl sites for hydroxylation is 1. The number of hydrogen-bond acceptors (Lipinski definition) is 6. The molecule has 0 amide bonds. The quantitative estimate of drug-likeness (QED) is 0.738. The molecule has 0 saturated heterocycles. The van der Waals surface area contributed by atoms with Gasteiger partial charge in [0.25, 0.3) is 0 Å². The molecule has 0 spiro atoms. The normalized spacial score (nSPS) is 11.9. The standard InChI is InChI=1S/C14H13N3O3S/c1-3-21(18,19)14-10(5-4-6-15-14)12-17-11-7-9(2)8-16-13(11)20-12/h4-8H,3H2,1-2H3. The van der Waals surface area contributed by atoms with Crippen molar-refractivity contribution >= 4 is 21.1 Å². The highest BCUT2D eigenvalue weighted by molar-refractivity contribution is 7.91. The molecule has 3 rings (SSSR count). The third-order valence-electron chi connectivity index (χ3n) is 3.06. The summed E-state index contributed by atoms with van der Waals surface area (Å²) in [5.74, 6) is 0.178. The Kier molecular flexibility index (Phi) is 3.21. The smallest absolute Gasteiger partial charge is 0.247 e. The van der Waals surface area contributed by atoms with Crippen molar-refractivity contribution in [1.82, 2.24) is 15.0 Å². The zero-order chi connectivity index (χ0) is 15.0. The van der Waals surface area contributed by atoms with Crippen molar-refractivity contribution in [2.45, 2.75) is 18.9 Å². The summed E-state index contributed by atoms with van der Waals surface area (Å²) in [7, 11) is -3.45. The summed E-state index contributed by atoms with van der Waals surface area (Å²) in [5, 5.41) is -0.0178. The maximum atomic E-state index is 12.1. The predicted octanol–water partition coefficient (Wildman–Crippen LogP) is 2.39. The van der Waals surface area contributed by atoms with Gasteiger partial charge in [-0.1, -0.05) is 6.92 Å². The second-order valence-electron chi connectivity index (χ2n) is 4.62. The molecule has 0 fully saturated rings.